The van der Waals surface area contributed by atoms with Gasteiger partial charge in [0, 0.05) is 17.6 Å². The molecule has 8 heteroatoms. The minimum absolute atomic E-state index is 0.157. The van der Waals surface area contributed by atoms with Gasteiger partial charge >= 0.3 is 0 Å². The Bertz CT molecular complexity index is 929. The van der Waals surface area contributed by atoms with Crippen molar-refractivity contribution in [3.05, 3.63) is 59.4 Å². The van der Waals surface area contributed by atoms with Crippen molar-refractivity contribution in [2.45, 2.75) is 17.3 Å². The highest BCUT2D eigenvalue weighted by molar-refractivity contribution is 8.00. The number of hydrogen-bond acceptors (Lipinski definition) is 4. The summed E-state index contributed by atoms with van der Waals surface area (Å²) < 4.78 is 15.5. The monoisotopic (exact) mass is 390 g/mol. The first-order valence-electron chi connectivity index (χ1n) is 7.83. The van der Waals surface area contributed by atoms with Gasteiger partial charge in [0.2, 0.25) is 5.91 Å². The molecule has 0 fully saturated rings. The summed E-state index contributed by atoms with van der Waals surface area (Å²) in [5.74, 6) is -0.108. The van der Waals surface area contributed by atoms with Gasteiger partial charge in [0.15, 0.2) is 11.0 Å². The number of para-hydroxylation sites is 1. The van der Waals surface area contributed by atoms with Gasteiger partial charge in [-0.15, -0.1) is 10.2 Å². The lowest BCUT2D eigenvalue weighted by Crippen LogP contribution is -2.23. The molecule has 1 unspecified atom stereocenters. The average Bonchev–Trinajstić information content (AvgIpc) is 2.98. The van der Waals surface area contributed by atoms with Crippen molar-refractivity contribution in [1.82, 2.24) is 14.8 Å². The largest absolute Gasteiger partial charge is 0.323 e. The number of aromatic nitrogens is 3. The normalized spacial score (nSPS) is 12.0. The Morgan fingerprint density at radius 3 is 2.58 bits per heavy atom. The van der Waals surface area contributed by atoms with E-state index in [4.69, 9.17) is 11.6 Å². The minimum atomic E-state index is -0.476. The molecule has 1 atom stereocenters. The summed E-state index contributed by atoms with van der Waals surface area (Å²) in [5.41, 5.74) is 1.03. The van der Waals surface area contributed by atoms with Gasteiger partial charge in [0.1, 0.15) is 5.82 Å². The van der Waals surface area contributed by atoms with E-state index in [0.717, 1.165) is 5.56 Å². The molecule has 0 aliphatic heterocycles. The van der Waals surface area contributed by atoms with Gasteiger partial charge in [0.25, 0.3) is 0 Å². The van der Waals surface area contributed by atoms with Crippen LogP contribution in [0.1, 0.15) is 6.92 Å². The van der Waals surface area contributed by atoms with Crippen molar-refractivity contribution in [2.75, 3.05) is 5.32 Å². The fourth-order valence-corrected chi connectivity index (χ4v) is 3.22. The lowest BCUT2D eigenvalue weighted by Gasteiger charge is -2.12. The molecule has 1 aromatic heterocycles. The predicted molar refractivity (Wildman–Crippen MR) is 102 cm³/mol. The second-order valence-corrected chi connectivity index (χ2v) is 7.35. The Hall–Kier alpha value is -2.38. The lowest BCUT2D eigenvalue weighted by molar-refractivity contribution is -0.115. The summed E-state index contributed by atoms with van der Waals surface area (Å²) >= 11 is 7.16. The third-order valence-electron chi connectivity index (χ3n) is 3.72. The van der Waals surface area contributed by atoms with Crippen LogP contribution in [0.2, 0.25) is 5.02 Å². The van der Waals surface area contributed by atoms with Gasteiger partial charge in [0.05, 0.1) is 10.9 Å². The van der Waals surface area contributed by atoms with Gasteiger partial charge < -0.3 is 9.88 Å². The lowest BCUT2D eigenvalue weighted by atomic mass is 10.2. The molecule has 3 aromatic rings. The smallest absolute Gasteiger partial charge is 0.237 e. The van der Waals surface area contributed by atoms with Crippen LogP contribution in [0, 0.1) is 5.82 Å². The Kier molecular flexibility index (Phi) is 5.58. The molecule has 1 amide bonds. The maximum absolute atomic E-state index is 13.7. The molecule has 0 radical (unpaired) electrons. The van der Waals surface area contributed by atoms with Gasteiger partial charge in [-0.2, -0.15) is 0 Å². The second-order valence-electron chi connectivity index (χ2n) is 5.60. The van der Waals surface area contributed by atoms with Crippen molar-refractivity contribution in [2.24, 2.45) is 7.05 Å². The molecule has 3 rings (SSSR count). The Balaban J connectivity index is 1.71. The summed E-state index contributed by atoms with van der Waals surface area (Å²) in [5, 5.41) is 11.7. The number of thioether (sulfide) groups is 1. The zero-order valence-corrected chi connectivity index (χ0v) is 15.7. The van der Waals surface area contributed by atoms with Crippen molar-refractivity contribution < 1.29 is 9.18 Å². The van der Waals surface area contributed by atoms with Crippen molar-refractivity contribution in [3.8, 4) is 11.4 Å². The van der Waals surface area contributed by atoms with Crippen molar-refractivity contribution >= 4 is 35.0 Å². The maximum Gasteiger partial charge on any atom is 0.237 e. The number of nitrogens with one attached hydrogen (secondary N) is 1. The zero-order valence-electron chi connectivity index (χ0n) is 14.1. The van der Waals surface area contributed by atoms with E-state index < -0.39 is 11.1 Å². The summed E-state index contributed by atoms with van der Waals surface area (Å²) in [6.07, 6.45) is 0. The van der Waals surface area contributed by atoms with Crippen LogP contribution in [0.5, 0.6) is 0 Å². The molecular weight excluding hydrogens is 375 g/mol. The fourth-order valence-electron chi connectivity index (χ4n) is 2.28. The van der Waals surface area contributed by atoms with E-state index in [0.29, 0.717) is 16.0 Å². The van der Waals surface area contributed by atoms with E-state index >= 15 is 0 Å². The summed E-state index contributed by atoms with van der Waals surface area (Å²) in [6, 6.07) is 13.3. The van der Waals surface area contributed by atoms with Crippen LogP contribution in [0.15, 0.2) is 53.7 Å². The van der Waals surface area contributed by atoms with Crippen LogP contribution in [0.25, 0.3) is 11.4 Å². The summed E-state index contributed by atoms with van der Waals surface area (Å²) in [6.45, 7) is 1.73. The number of rotatable bonds is 5. The average molecular weight is 391 g/mol. The SMILES string of the molecule is CC(Sc1nnc(-c2ccc(Cl)cc2)n1C)C(=O)Nc1ccccc1F. The van der Waals surface area contributed by atoms with E-state index in [1.54, 1.807) is 35.8 Å². The first-order chi connectivity index (χ1) is 12.5. The second kappa shape index (κ2) is 7.88. The molecule has 0 aliphatic carbocycles. The van der Waals surface area contributed by atoms with Crippen LogP contribution in [-0.2, 0) is 11.8 Å². The topological polar surface area (TPSA) is 59.8 Å². The summed E-state index contributed by atoms with van der Waals surface area (Å²) in [4.78, 5) is 12.3. The number of carbonyl (C=O) groups is 1. The number of nitrogens with zero attached hydrogens (tertiary/aromatic N) is 3. The van der Waals surface area contributed by atoms with Crippen molar-refractivity contribution in [1.29, 1.82) is 0 Å². The highest BCUT2D eigenvalue weighted by atomic mass is 35.5. The quantitative estimate of drug-likeness (QED) is 0.656. The molecule has 2 aromatic carbocycles. The first kappa shape index (κ1) is 18.4. The standard InChI is InChI=1S/C18H16ClFN4OS/c1-11(17(25)21-15-6-4-3-5-14(15)20)26-18-23-22-16(24(18)2)12-7-9-13(19)10-8-12/h3-11H,1-2H3,(H,21,25). The molecule has 0 spiro atoms. The van der Waals surface area contributed by atoms with Crippen LogP contribution >= 0.6 is 23.4 Å². The van der Waals surface area contributed by atoms with E-state index in [1.807, 2.05) is 19.2 Å². The molecule has 0 saturated carbocycles. The number of amides is 1. The number of hydrogen-bond donors (Lipinski definition) is 1. The number of halogens is 2. The molecule has 0 saturated heterocycles. The minimum Gasteiger partial charge on any atom is -0.323 e. The van der Waals surface area contributed by atoms with E-state index in [2.05, 4.69) is 15.5 Å². The Morgan fingerprint density at radius 1 is 1.19 bits per heavy atom. The number of benzene rings is 2. The third-order valence-corrected chi connectivity index (χ3v) is 5.11. The molecule has 1 heterocycles. The molecular formula is C18H16ClFN4OS. The maximum atomic E-state index is 13.7. The van der Waals surface area contributed by atoms with E-state index in [1.165, 1.54) is 23.9 Å². The molecule has 0 aliphatic rings. The molecule has 1 N–H and O–H groups in total. The van der Waals surface area contributed by atoms with Crippen molar-refractivity contribution in [3.63, 3.8) is 0 Å². The first-order valence-corrected chi connectivity index (χ1v) is 9.09. The third kappa shape index (κ3) is 4.05. The Morgan fingerprint density at radius 2 is 1.88 bits per heavy atom. The zero-order chi connectivity index (χ0) is 18.7. The van der Waals surface area contributed by atoms with Gasteiger partial charge in [-0.25, -0.2) is 4.39 Å². The predicted octanol–water partition coefficient (Wildman–Crippen LogP) is 4.39. The fraction of sp³-hybridized carbons (Fsp3) is 0.167. The number of anilines is 1. The van der Waals surface area contributed by atoms with Gasteiger partial charge in [-0.05, 0) is 43.3 Å². The molecule has 5 nitrogen and oxygen atoms in total. The van der Waals surface area contributed by atoms with Gasteiger partial charge in [-0.1, -0.05) is 35.5 Å². The van der Waals surface area contributed by atoms with Gasteiger partial charge in [-0.3, -0.25) is 4.79 Å². The highest BCUT2D eigenvalue weighted by Crippen LogP contribution is 2.27. The highest BCUT2D eigenvalue weighted by Gasteiger charge is 2.20. The Labute approximate surface area is 159 Å². The molecule has 134 valence electrons. The van der Waals surface area contributed by atoms with Crippen LogP contribution in [-0.4, -0.2) is 25.9 Å². The molecule has 26 heavy (non-hydrogen) atoms. The molecule has 0 bridgehead atoms. The number of carbonyl (C=O) groups excluding carboxylic acids is 1. The van der Waals surface area contributed by atoms with Crippen LogP contribution in [0.3, 0.4) is 0 Å². The van der Waals surface area contributed by atoms with Crippen LogP contribution < -0.4 is 5.32 Å². The van der Waals surface area contributed by atoms with E-state index in [9.17, 15) is 9.18 Å². The van der Waals surface area contributed by atoms with Crippen LogP contribution in [0.4, 0.5) is 10.1 Å². The van der Waals surface area contributed by atoms with E-state index in [-0.39, 0.29) is 11.6 Å². The summed E-state index contributed by atoms with van der Waals surface area (Å²) in [7, 11) is 1.83.